The fourth-order valence-electron chi connectivity index (χ4n) is 1.11. The minimum atomic E-state index is -1.01. The first-order chi connectivity index (χ1) is 6.50. The summed E-state index contributed by atoms with van der Waals surface area (Å²) in [6.45, 7) is 4.00. The lowest BCUT2D eigenvalue weighted by Crippen LogP contribution is -2.09. The molecule has 0 bridgehead atoms. The Morgan fingerprint density at radius 3 is 2.57 bits per heavy atom. The van der Waals surface area contributed by atoms with Crippen molar-refractivity contribution in [1.29, 1.82) is 0 Å². The lowest BCUT2D eigenvalue weighted by molar-refractivity contribution is 0.0697. The van der Waals surface area contributed by atoms with Crippen LogP contribution in [-0.4, -0.2) is 17.1 Å². The summed E-state index contributed by atoms with van der Waals surface area (Å²) in [5.74, 6) is -1.01. The monoisotopic (exact) mass is 213 g/mol. The molecule has 0 aliphatic carbocycles. The largest absolute Gasteiger partial charge is 0.478 e. The number of rotatable bonds is 3. The van der Waals surface area contributed by atoms with Crippen molar-refractivity contribution in [2.75, 3.05) is 5.32 Å². The summed E-state index contributed by atoms with van der Waals surface area (Å²) in [6, 6.07) is 5.11. The fraction of sp³-hybridized carbons (Fsp3) is 0.300. The van der Waals surface area contributed by atoms with E-state index in [1.807, 2.05) is 13.8 Å². The molecule has 0 spiro atoms. The highest BCUT2D eigenvalue weighted by atomic mass is 35.5. The van der Waals surface area contributed by atoms with E-state index in [4.69, 9.17) is 16.7 Å². The average molecular weight is 214 g/mol. The van der Waals surface area contributed by atoms with Gasteiger partial charge >= 0.3 is 5.97 Å². The molecule has 4 heteroatoms. The normalized spacial score (nSPS) is 10.3. The maximum atomic E-state index is 10.7. The SMILES string of the molecule is CC(C)Nc1ccc(C(=O)O)c(Cl)c1. The highest BCUT2D eigenvalue weighted by molar-refractivity contribution is 6.33. The van der Waals surface area contributed by atoms with Crippen molar-refractivity contribution in [2.24, 2.45) is 0 Å². The molecule has 14 heavy (non-hydrogen) atoms. The molecule has 0 heterocycles. The van der Waals surface area contributed by atoms with Crippen molar-refractivity contribution < 1.29 is 9.90 Å². The van der Waals surface area contributed by atoms with Crippen LogP contribution in [0.25, 0.3) is 0 Å². The first kappa shape index (κ1) is 10.9. The number of halogens is 1. The molecule has 1 rings (SSSR count). The molecule has 3 nitrogen and oxygen atoms in total. The van der Waals surface area contributed by atoms with Crippen molar-refractivity contribution in [2.45, 2.75) is 19.9 Å². The molecule has 0 saturated carbocycles. The van der Waals surface area contributed by atoms with Crippen LogP contribution >= 0.6 is 11.6 Å². The molecule has 0 radical (unpaired) electrons. The van der Waals surface area contributed by atoms with Crippen molar-refractivity contribution in [3.8, 4) is 0 Å². The molecule has 0 amide bonds. The summed E-state index contributed by atoms with van der Waals surface area (Å²) in [4.78, 5) is 10.7. The van der Waals surface area contributed by atoms with Crippen LogP contribution < -0.4 is 5.32 Å². The van der Waals surface area contributed by atoms with E-state index in [9.17, 15) is 4.79 Å². The topological polar surface area (TPSA) is 49.3 Å². The number of carbonyl (C=O) groups is 1. The van der Waals surface area contributed by atoms with Gasteiger partial charge in [-0.25, -0.2) is 4.79 Å². The maximum Gasteiger partial charge on any atom is 0.337 e. The van der Waals surface area contributed by atoms with E-state index < -0.39 is 5.97 Å². The summed E-state index contributed by atoms with van der Waals surface area (Å²) >= 11 is 5.79. The first-order valence-corrected chi connectivity index (χ1v) is 4.68. The molecule has 0 saturated heterocycles. The van der Waals surface area contributed by atoms with Crippen LogP contribution in [0.3, 0.4) is 0 Å². The van der Waals surface area contributed by atoms with Crippen LogP contribution in [0.1, 0.15) is 24.2 Å². The number of hydrogen-bond donors (Lipinski definition) is 2. The van der Waals surface area contributed by atoms with Gasteiger partial charge in [0.1, 0.15) is 0 Å². The van der Waals surface area contributed by atoms with Crippen LogP contribution in [-0.2, 0) is 0 Å². The third-order valence-corrected chi connectivity index (χ3v) is 1.97. The van der Waals surface area contributed by atoms with E-state index in [0.29, 0.717) is 6.04 Å². The van der Waals surface area contributed by atoms with Gasteiger partial charge in [-0.3, -0.25) is 0 Å². The molecular formula is C10H12ClNO2. The Kier molecular flexibility index (Phi) is 3.36. The van der Waals surface area contributed by atoms with E-state index in [1.165, 1.54) is 6.07 Å². The van der Waals surface area contributed by atoms with E-state index in [1.54, 1.807) is 12.1 Å². The molecule has 76 valence electrons. The molecule has 0 aliphatic heterocycles. The Morgan fingerprint density at radius 1 is 1.50 bits per heavy atom. The van der Waals surface area contributed by atoms with E-state index in [2.05, 4.69) is 5.32 Å². The Bertz CT molecular complexity index is 350. The van der Waals surface area contributed by atoms with Gasteiger partial charge in [0.15, 0.2) is 0 Å². The van der Waals surface area contributed by atoms with Gasteiger partial charge in [0.25, 0.3) is 0 Å². The second-order valence-electron chi connectivity index (χ2n) is 3.30. The summed E-state index contributed by atoms with van der Waals surface area (Å²) in [5, 5.41) is 12.1. The zero-order valence-corrected chi connectivity index (χ0v) is 8.80. The number of nitrogens with one attached hydrogen (secondary N) is 1. The number of aromatic carboxylic acids is 1. The van der Waals surface area contributed by atoms with Gasteiger partial charge in [-0.2, -0.15) is 0 Å². The molecule has 0 fully saturated rings. The van der Waals surface area contributed by atoms with Crippen LogP contribution in [0.2, 0.25) is 5.02 Å². The zero-order valence-electron chi connectivity index (χ0n) is 8.04. The molecule has 0 aromatic heterocycles. The highest BCUT2D eigenvalue weighted by Crippen LogP contribution is 2.21. The van der Waals surface area contributed by atoms with Gasteiger partial charge in [0.05, 0.1) is 10.6 Å². The van der Waals surface area contributed by atoms with Gasteiger partial charge < -0.3 is 10.4 Å². The predicted octanol–water partition coefficient (Wildman–Crippen LogP) is 2.86. The Balaban J connectivity index is 2.94. The molecule has 1 aromatic carbocycles. The molecule has 1 aromatic rings. The average Bonchev–Trinajstić information content (AvgIpc) is 2.01. The zero-order chi connectivity index (χ0) is 10.7. The smallest absolute Gasteiger partial charge is 0.337 e. The minimum Gasteiger partial charge on any atom is -0.478 e. The molecule has 0 aliphatic rings. The third kappa shape index (κ3) is 2.64. The van der Waals surface area contributed by atoms with Crippen LogP contribution in [0.15, 0.2) is 18.2 Å². The van der Waals surface area contributed by atoms with E-state index in [0.717, 1.165) is 5.69 Å². The lowest BCUT2D eigenvalue weighted by atomic mass is 10.2. The van der Waals surface area contributed by atoms with Gasteiger partial charge in [0.2, 0.25) is 0 Å². The molecule has 2 N–H and O–H groups in total. The number of anilines is 1. The number of carboxylic acid groups (broad SMARTS) is 1. The molecular weight excluding hydrogens is 202 g/mol. The highest BCUT2D eigenvalue weighted by Gasteiger charge is 2.08. The second-order valence-corrected chi connectivity index (χ2v) is 3.71. The Labute approximate surface area is 87.7 Å². The van der Waals surface area contributed by atoms with Crippen molar-refractivity contribution in [3.05, 3.63) is 28.8 Å². The van der Waals surface area contributed by atoms with E-state index >= 15 is 0 Å². The van der Waals surface area contributed by atoms with Gasteiger partial charge in [-0.1, -0.05) is 11.6 Å². The number of hydrogen-bond acceptors (Lipinski definition) is 2. The summed E-state index contributed by atoms with van der Waals surface area (Å²) < 4.78 is 0. The number of carboxylic acids is 1. The summed E-state index contributed by atoms with van der Waals surface area (Å²) in [5.41, 5.74) is 0.955. The summed E-state index contributed by atoms with van der Waals surface area (Å²) in [6.07, 6.45) is 0. The van der Waals surface area contributed by atoms with Crippen LogP contribution in [0.5, 0.6) is 0 Å². The fourth-order valence-corrected chi connectivity index (χ4v) is 1.37. The first-order valence-electron chi connectivity index (χ1n) is 4.30. The number of benzene rings is 1. The maximum absolute atomic E-state index is 10.7. The third-order valence-electron chi connectivity index (χ3n) is 1.65. The standard InChI is InChI=1S/C10H12ClNO2/c1-6(2)12-7-3-4-8(10(13)14)9(11)5-7/h3-6,12H,1-2H3,(H,13,14). The molecule has 0 unspecified atom stereocenters. The Hall–Kier alpha value is -1.22. The van der Waals surface area contributed by atoms with Gasteiger partial charge in [-0.05, 0) is 32.0 Å². The second kappa shape index (κ2) is 4.33. The van der Waals surface area contributed by atoms with Gasteiger partial charge in [0, 0.05) is 11.7 Å². The van der Waals surface area contributed by atoms with Crippen LogP contribution in [0, 0.1) is 0 Å². The predicted molar refractivity (Wildman–Crippen MR) is 57.2 cm³/mol. The molecule has 0 atom stereocenters. The summed E-state index contributed by atoms with van der Waals surface area (Å²) in [7, 11) is 0. The van der Waals surface area contributed by atoms with Gasteiger partial charge in [-0.15, -0.1) is 0 Å². The quantitative estimate of drug-likeness (QED) is 0.812. The lowest BCUT2D eigenvalue weighted by Gasteiger charge is -2.10. The van der Waals surface area contributed by atoms with E-state index in [-0.39, 0.29) is 10.6 Å². The van der Waals surface area contributed by atoms with Crippen molar-refractivity contribution >= 4 is 23.3 Å². The minimum absolute atomic E-state index is 0.126. The van der Waals surface area contributed by atoms with Crippen molar-refractivity contribution in [1.82, 2.24) is 0 Å². The van der Waals surface area contributed by atoms with Crippen molar-refractivity contribution in [3.63, 3.8) is 0 Å². The Morgan fingerprint density at radius 2 is 2.14 bits per heavy atom. The van der Waals surface area contributed by atoms with Crippen LogP contribution in [0.4, 0.5) is 5.69 Å².